The normalized spacial score (nSPS) is 3.57. The molecule has 0 bridgehead atoms. The molecule has 31 nitrogen and oxygen atoms in total. The zero-order chi connectivity index (χ0) is 25.0. The molecule has 0 aromatic heterocycles. The predicted octanol–water partition coefficient (Wildman–Crippen LogP) is -24.3. The van der Waals surface area contributed by atoms with Gasteiger partial charge in [-0.3, -0.25) is 0 Å². The fraction of sp³-hybridized carbons (Fsp3) is 0. The molecule has 0 aliphatic rings. The summed E-state index contributed by atoms with van der Waals surface area (Å²) in [7, 11) is 0. The Labute approximate surface area is 493 Å². The van der Waals surface area contributed by atoms with Gasteiger partial charge >= 0.3 is 302 Å². The molecule has 0 rings (SSSR count). The van der Waals surface area contributed by atoms with Crippen molar-refractivity contribution in [1.82, 2.24) is 0 Å². The molecule has 40 heteroatoms. The van der Waals surface area contributed by atoms with Crippen LogP contribution in [0.15, 0.2) is 0 Å². The molecule has 0 atom stereocenters. The first kappa shape index (κ1) is 203. The largest absolute Gasteiger partial charge is 3.00 e. The Morgan fingerprint density at radius 3 is 0.234 bits per heavy atom. The van der Waals surface area contributed by atoms with Crippen LogP contribution in [0.25, 0.3) is 0 Å². The van der Waals surface area contributed by atoms with Crippen LogP contribution in [0.1, 0.15) is 0 Å². The minimum Gasteiger partial charge on any atom is -0.870 e. The zero-order valence-electron chi connectivity index (χ0n) is 22.7. The number of carbonyl (C=O) groups is 7. The molecule has 0 aromatic rings. The van der Waals surface area contributed by atoms with Crippen molar-refractivity contribution in [3.8, 4) is 0 Å². The second-order valence-electron chi connectivity index (χ2n) is 1.75. The van der Waals surface area contributed by atoms with Crippen LogP contribution in [0.2, 0.25) is 0 Å². The van der Waals surface area contributed by atoms with Crippen LogP contribution in [-0.4, -0.2) is 400 Å². The van der Waals surface area contributed by atoms with E-state index >= 15 is 0 Å². The monoisotopic (exact) mass is 1060 g/mol. The summed E-state index contributed by atoms with van der Waals surface area (Å²) in [5.41, 5.74) is 0. The van der Waals surface area contributed by atoms with Gasteiger partial charge in [-0.25, -0.2) is 0 Å². The Kier molecular flexibility index (Phi) is 824. The molecule has 0 saturated heterocycles. The van der Waals surface area contributed by atoms with Crippen LogP contribution < -0.4 is 71.5 Å². The summed E-state index contributed by atoms with van der Waals surface area (Å²) < 4.78 is 0. The Hall–Kier alpha value is 4.31. The topological polar surface area (TPSA) is 747 Å². The summed E-state index contributed by atoms with van der Waals surface area (Å²) in [6, 6.07) is 0. The third kappa shape index (κ3) is 6330. The summed E-state index contributed by atoms with van der Waals surface area (Å²) in [6.07, 6.45) is -16.3. The van der Waals surface area contributed by atoms with Crippen LogP contribution in [0.3, 0.4) is 0 Å². The smallest absolute Gasteiger partial charge is 0.870 e. The van der Waals surface area contributed by atoms with Crippen molar-refractivity contribution >= 4 is 345 Å². The molecule has 0 aliphatic carbocycles. The first-order valence-electron chi connectivity index (χ1n) is 4.29. The summed E-state index contributed by atoms with van der Waals surface area (Å²) in [4.78, 5) is 58.3. The Bertz CT molecular complexity index is 353. The molecule has 13 N–H and O–H groups in total. The average Bonchev–Trinajstić information content (AvgIpc) is 2.20. The van der Waals surface area contributed by atoms with Gasteiger partial charge in [-0.15, -0.1) is 0 Å². The van der Waals surface area contributed by atoms with E-state index < -0.39 is 43.1 Å². The van der Waals surface area contributed by atoms with Crippen LogP contribution in [-0.2, 0) is 0 Å². The molecular formula is C7H13Al3Ca3O31Sr3. The van der Waals surface area contributed by atoms with E-state index in [9.17, 15) is 0 Å². The molecule has 248 valence electrons. The molecule has 0 amide bonds. The minimum absolute atomic E-state index is 0. The van der Waals surface area contributed by atoms with Gasteiger partial charge in [0.1, 0.15) is 0 Å². The predicted molar refractivity (Wildman–Crippen MR) is 114 cm³/mol. The van der Waals surface area contributed by atoms with E-state index in [0.717, 1.165) is 0 Å². The fourth-order valence-corrected chi connectivity index (χ4v) is 0. The van der Waals surface area contributed by atoms with Gasteiger partial charge in [0, 0.05) is 0 Å². The number of rotatable bonds is 0. The van der Waals surface area contributed by atoms with Crippen LogP contribution in [0, 0.1) is 0 Å². The SMILES string of the molecule is O.O.O.O=C([O-])[O-].O=C([O-])[O-].O=C([O-])[O-].O=C([O-])[O-].O=C([O-])[O-].O=C([O-])[O-].O=C([O-])[O-].[Al+3].[Al+3].[Al+3].[Ca+2].[Ca+2].[Ca+2].[OH-].[OH-].[OH-].[OH-].[OH-].[OH-].[OH-].[Sr+2].[Sr+2].[Sr+2]. The van der Waals surface area contributed by atoms with E-state index in [1.165, 1.54) is 0 Å². The van der Waals surface area contributed by atoms with E-state index in [1.54, 1.807) is 0 Å². The first-order chi connectivity index (χ1) is 12.1. The minimum atomic E-state index is -2.33. The van der Waals surface area contributed by atoms with Gasteiger partial charge in [-0.1, -0.05) is 0 Å². The first-order valence-corrected chi connectivity index (χ1v) is 4.29. The molecule has 47 heavy (non-hydrogen) atoms. The van der Waals surface area contributed by atoms with E-state index in [0.29, 0.717) is 0 Å². The Morgan fingerprint density at radius 2 is 0.234 bits per heavy atom. The van der Waals surface area contributed by atoms with Gasteiger partial charge < -0.3 is 160 Å². The number of hydrogen-bond acceptors (Lipinski definition) is 28. The molecule has 0 aliphatic heterocycles. The summed E-state index contributed by atoms with van der Waals surface area (Å²) in [5.74, 6) is 0. The van der Waals surface area contributed by atoms with Gasteiger partial charge in [0.25, 0.3) is 0 Å². The van der Waals surface area contributed by atoms with E-state index in [2.05, 4.69) is 0 Å². The van der Waals surface area contributed by atoms with Crippen LogP contribution in [0.5, 0.6) is 0 Å². The Balaban J connectivity index is -0.00000000427. The maximum atomic E-state index is 8.33. The third-order valence-corrected chi connectivity index (χ3v) is 0. The van der Waals surface area contributed by atoms with Gasteiger partial charge in [0.2, 0.25) is 0 Å². The summed E-state index contributed by atoms with van der Waals surface area (Å²) >= 11 is 0. The molecule has 0 aromatic carbocycles. The number of hydrogen-bond donors (Lipinski definition) is 0. The third-order valence-electron chi connectivity index (χ3n) is 0. The standard InChI is InChI=1S/7CH2O3.3Al.3Ca.10H2O.3Sr/c7*2-1(3)4;;;;;;;;;;;;;;;;;;;/h7*(H2,2,3,4);;;;;;;10*1H2;;;/q;;;;;;;3*+3;3*+2;;;;;;;;;;;3*+2/p-21. The van der Waals surface area contributed by atoms with Crippen molar-refractivity contribution in [2.75, 3.05) is 0 Å². The molecular weight excluding hydrogens is 1040 g/mol. The fourth-order valence-electron chi connectivity index (χ4n) is 0. The van der Waals surface area contributed by atoms with Gasteiger partial charge in [-0.2, -0.15) is 0 Å². The molecule has 0 radical (unpaired) electrons. The second kappa shape index (κ2) is 191. The van der Waals surface area contributed by atoms with Gasteiger partial charge in [0.05, 0.1) is 0 Å². The average molecular weight is 1060 g/mol. The molecule has 0 unspecified atom stereocenters. The molecule has 0 heterocycles. The number of carbonyl (C=O) groups excluding carboxylic acids is 7. The van der Waals surface area contributed by atoms with Gasteiger partial charge in [0.15, 0.2) is 0 Å². The number of carboxylic acid groups (broad SMARTS) is 14. The Morgan fingerprint density at radius 1 is 0.234 bits per heavy atom. The molecule has 0 spiro atoms. The van der Waals surface area contributed by atoms with E-state index in [-0.39, 0.29) is 357 Å². The quantitative estimate of drug-likeness (QED) is 0.203. The zero-order valence-corrected chi connectivity index (χ0v) is 43.2. The van der Waals surface area contributed by atoms with Crippen LogP contribution >= 0.6 is 0 Å². The molecule has 0 fully saturated rings. The molecule has 0 saturated carbocycles. The van der Waals surface area contributed by atoms with E-state index in [1.807, 2.05) is 0 Å². The second-order valence-corrected chi connectivity index (χ2v) is 1.75. The maximum Gasteiger partial charge on any atom is 3.00 e. The van der Waals surface area contributed by atoms with Crippen molar-refractivity contribution in [3.63, 3.8) is 0 Å². The van der Waals surface area contributed by atoms with E-state index in [4.69, 9.17) is 105 Å². The van der Waals surface area contributed by atoms with Crippen molar-refractivity contribution in [1.29, 1.82) is 0 Å². The van der Waals surface area contributed by atoms with Crippen LogP contribution in [0.4, 0.5) is 33.6 Å². The summed E-state index contributed by atoms with van der Waals surface area (Å²) in [5, 5.41) is 117. The maximum absolute atomic E-state index is 8.33. The van der Waals surface area contributed by atoms with Crippen molar-refractivity contribution in [2.45, 2.75) is 0 Å². The van der Waals surface area contributed by atoms with Crippen molar-refractivity contribution in [3.05, 3.63) is 0 Å². The van der Waals surface area contributed by atoms with Crippen molar-refractivity contribution < 1.29 is 160 Å². The van der Waals surface area contributed by atoms with Gasteiger partial charge in [-0.05, 0) is 43.1 Å². The van der Waals surface area contributed by atoms with Crippen molar-refractivity contribution in [2.24, 2.45) is 0 Å². The summed E-state index contributed by atoms with van der Waals surface area (Å²) in [6.45, 7) is 0.